The molecule has 2 N–H and O–H groups in total. The van der Waals surface area contributed by atoms with Crippen molar-refractivity contribution < 1.29 is 9.59 Å². The van der Waals surface area contributed by atoms with Crippen LogP contribution >= 0.6 is 11.6 Å². The number of hydrogen-bond donors (Lipinski definition) is 2. The maximum atomic E-state index is 11.9. The molecule has 1 atom stereocenters. The van der Waals surface area contributed by atoms with Crippen molar-refractivity contribution in [3.05, 3.63) is 35.4 Å². The fraction of sp³-hybridized carbons (Fsp3) is 0.333. The number of nitrogens with one attached hydrogen (secondary N) is 2. The summed E-state index contributed by atoms with van der Waals surface area (Å²) in [7, 11) is 0. The molecule has 4 nitrogen and oxygen atoms in total. The summed E-state index contributed by atoms with van der Waals surface area (Å²) in [4.78, 5) is 22.9. The molecule has 0 spiro atoms. The van der Waals surface area contributed by atoms with E-state index in [1.807, 2.05) is 0 Å². The van der Waals surface area contributed by atoms with Gasteiger partial charge in [-0.05, 0) is 37.0 Å². The summed E-state index contributed by atoms with van der Waals surface area (Å²) in [6.07, 6.45) is 6.77. The SMILES string of the molecule is CC(=O)Nc1ccc(NC(=O)C[C@@H]2C=CCC2)cc1Cl. The number of hydrogen-bond acceptors (Lipinski definition) is 2. The van der Waals surface area contributed by atoms with Crippen LogP contribution in [0.2, 0.25) is 5.02 Å². The minimum Gasteiger partial charge on any atom is -0.326 e. The normalized spacial score (nSPS) is 17.0. The highest BCUT2D eigenvalue weighted by Gasteiger charge is 2.14. The van der Waals surface area contributed by atoms with Crippen LogP contribution in [0.4, 0.5) is 11.4 Å². The molecule has 1 aromatic rings. The Morgan fingerprint density at radius 1 is 1.35 bits per heavy atom. The Balaban J connectivity index is 1.95. The number of halogens is 1. The number of carbonyl (C=O) groups is 2. The van der Waals surface area contributed by atoms with Gasteiger partial charge in [0.1, 0.15) is 0 Å². The van der Waals surface area contributed by atoms with E-state index in [1.54, 1.807) is 18.2 Å². The molecule has 20 heavy (non-hydrogen) atoms. The maximum absolute atomic E-state index is 11.9. The van der Waals surface area contributed by atoms with E-state index in [-0.39, 0.29) is 11.8 Å². The van der Waals surface area contributed by atoms with Gasteiger partial charge >= 0.3 is 0 Å². The number of benzene rings is 1. The van der Waals surface area contributed by atoms with E-state index in [0.29, 0.717) is 28.7 Å². The molecule has 0 aliphatic heterocycles. The van der Waals surface area contributed by atoms with Crippen LogP contribution < -0.4 is 10.6 Å². The van der Waals surface area contributed by atoms with E-state index >= 15 is 0 Å². The van der Waals surface area contributed by atoms with Crippen LogP contribution in [0.15, 0.2) is 30.4 Å². The van der Waals surface area contributed by atoms with Crippen LogP contribution in [0.25, 0.3) is 0 Å². The summed E-state index contributed by atoms with van der Waals surface area (Å²) in [6, 6.07) is 5.03. The Morgan fingerprint density at radius 3 is 2.75 bits per heavy atom. The second-order valence-electron chi connectivity index (χ2n) is 4.89. The predicted octanol–water partition coefficient (Wildman–Crippen LogP) is 3.59. The quantitative estimate of drug-likeness (QED) is 0.833. The molecule has 2 rings (SSSR count). The van der Waals surface area contributed by atoms with Gasteiger partial charge in [0.05, 0.1) is 10.7 Å². The lowest BCUT2D eigenvalue weighted by molar-refractivity contribution is -0.117. The monoisotopic (exact) mass is 292 g/mol. The number of allylic oxidation sites excluding steroid dienone is 2. The second-order valence-corrected chi connectivity index (χ2v) is 5.30. The molecule has 1 aromatic carbocycles. The highest BCUT2D eigenvalue weighted by Crippen LogP contribution is 2.26. The minimum absolute atomic E-state index is 0.0232. The van der Waals surface area contributed by atoms with Gasteiger partial charge in [-0.2, -0.15) is 0 Å². The van der Waals surface area contributed by atoms with Crippen LogP contribution in [0, 0.1) is 5.92 Å². The lowest BCUT2D eigenvalue weighted by Crippen LogP contribution is -2.15. The van der Waals surface area contributed by atoms with Gasteiger partial charge in [0.25, 0.3) is 0 Å². The van der Waals surface area contributed by atoms with Gasteiger partial charge < -0.3 is 10.6 Å². The molecule has 0 unspecified atom stereocenters. The van der Waals surface area contributed by atoms with E-state index in [2.05, 4.69) is 22.8 Å². The molecule has 0 heterocycles. The smallest absolute Gasteiger partial charge is 0.224 e. The van der Waals surface area contributed by atoms with Gasteiger partial charge in [0, 0.05) is 19.0 Å². The number of anilines is 2. The molecule has 5 heteroatoms. The average Bonchev–Trinajstić information content (AvgIpc) is 2.85. The molecule has 0 aromatic heterocycles. The fourth-order valence-electron chi connectivity index (χ4n) is 2.20. The van der Waals surface area contributed by atoms with E-state index in [1.165, 1.54) is 6.92 Å². The second kappa shape index (κ2) is 6.57. The summed E-state index contributed by atoms with van der Waals surface area (Å²) in [5, 5.41) is 5.84. The van der Waals surface area contributed by atoms with E-state index in [4.69, 9.17) is 11.6 Å². The first kappa shape index (κ1) is 14.6. The van der Waals surface area contributed by atoms with E-state index in [0.717, 1.165) is 12.8 Å². The number of carbonyl (C=O) groups excluding carboxylic acids is 2. The summed E-state index contributed by atoms with van der Waals surface area (Å²) in [5.74, 6) is 0.130. The van der Waals surface area contributed by atoms with Crippen LogP contribution in [-0.2, 0) is 9.59 Å². The molecule has 1 aliphatic carbocycles. The van der Waals surface area contributed by atoms with Crippen molar-refractivity contribution in [1.29, 1.82) is 0 Å². The molecule has 0 saturated carbocycles. The third-order valence-corrected chi connectivity index (χ3v) is 3.44. The van der Waals surface area contributed by atoms with Crippen molar-refractivity contribution in [2.24, 2.45) is 5.92 Å². The number of amides is 2. The Morgan fingerprint density at radius 2 is 2.15 bits per heavy atom. The van der Waals surface area contributed by atoms with Gasteiger partial charge in [-0.25, -0.2) is 0 Å². The van der Waals surface area contributed by atoms with Crippen LogP contribution in [0.5, 0.6) is 0 Å². The first-order valence-corrected chi connectivity index (χ1v) is 6.96. The molecule has 0 fully saturated rings. The summed E-state index contributed by atoms with van der Waals surface area (Å²) in [6.45, 7) is 1.42. The largest absolute Gasteiger partial charge is 0.326 e. The van der Waals surface area contributed by atoms with Gasteiger partial charge in [0.2, 0.25) is 11.8 Å². The molecule has 106 valence electrons. The van der Waals surface area contributed by atoms with Crippen molar-refractivity contribution >= 4 is 34.8 Å². The van der Waals surface area contributed by atoms with E-state index < -0.39 is 0 Å². The topological polar surface area (TPSA) is 58.2 Å². The highest BCUT2D eigenvalue weighted by molar-refractivity contribution is 6.34. The summed E-state index contributed by atoms with van der Waals surface area (Å²) < 4.78 is 0. The van der Waals surface area contributed by atoms with Crippen LogP contribution in [-0.4, -0.2) is 11.8 Å². The first-order valence-electron chi connectivity index (χ1n) is 6.58. The van der Waals surface area contributed by atoms with Gasteiger partial charge in [-0.15, -0.1) is 0 Å². The fourth-order valence-corrected chi connectivity index (χ4v) is 2.43. The van der Waals surface area contributed by atoms with E-state index in [9.17, 15) is 9.59 Å². The van der Waals surface area contributed by atoms with Crippen molar-refractivity contribution in [2.75, 3.05) is 10.6 Å². The summed E-state index contributed by atoms with van der Waals surface area (Å²) in [5.41, 5.74) is 1.17. The predicted molar refractivity (Wildman–Crippen MR) is 80.9 cm³/mol. The Bertz CT molecular complexity index is 555. The molecular formula is C15H17ClN2O2. The Hall–Kier alpha value is -1.81. The van der Waals surface area contributed by atoms with Crippen molar-refractivity contribution in [1.82, 2.24) is 0 Å². The molecule has 0 bridgehead atoms. The number of rotatable bonds is 4. The average molecular weight is 293 g/mol. The maximum Gasteiger partial charge on any atom is 0.224 e. The van der Waals surface area contributed by atoms with Crippen molar-refractivity contribution in [3.63, 3.8) is 0 Å². The van der Waals surface area contributed by atoms with Crippen molar-refractivity contribution in [3.8, 4) is 0 Å². The van der Waals surface area contributed by atoms with Gasteiger partial charge in [-0.1, -0.05) is 23.8 Å². The third kappa shape index (κ3) is 4.10. The minimum atomic E-state index is -0.184. The van der Waals surface area contributed by atoms with Gasteiger partial charge in [-0.3, -0.25) is 9.59 Å². The standard InChI is InChI=1S/C15H17ClN2O2/c1-10(19)17-14-7-6-12(9-13(14)16)18-15(20)8-11-4-2-3-5-11/h2,4,6-7,9,11H,3,5,8H2,1H3,(H,17,19)(H,18,20)/t11-/m1/s1. The van der Waals surface area contributed by atoms with Crippen LogP contribution in [0.1, 0.15) is 26.2 Å². The summed E-state index contributed by atoms with van der Waals surface area (Å²) >= 11 is 6.05. The zero-order valence-corrected chi connectivity index (χ0v) is 12.0. The molecule has 1 aliphatic rings. The molecule has 2 amide bonds. The van der Waals surface area contributed by atoms with Gasteiger partial charge in [0.15, 0.2) is 0 Å². The zero-order valence-electron chi connectivity index (χ0n) is 11.3. The first-order chi connectivity index (χ1) is 9.54. The van der Waals surface area contributed by atoms with Crippen LogP contribution in [0.3, 0.4) is 0 Å². The third-order valence-electron chi connectivity index (χ3n) is 3.12. The van der Waals surface area contributed by atoms with Crippen molar-refractivity contribution in [2.45, 2.75) is 26.2 Å². The lowest BCUT2D eigenvalue weighted by atomic mass is 10.1. The molecule has 0 saturated heterocycles. The molecular weight excluding hydrogens is 276 g/mol. The lowest BCUT2D eigenvalue weighted by Gasteiger charge is -2.11. The Kier molecular flexibility index (Phi) is 4.79. The zero-order chi connectivity index (χ0) is 14.5. The molecule has 0 radical (unpaired) electrons. The highest BCUT2D eigenvalue weighted by atomic mass is 35.5. The Labute approximate surface area is 123 Å².